The van der Waals surface area contributed by atoms with Crippen LogP contribution >= 0.6 is 0 Å². The average molecular weight is 472 g/mol. The van der Waals surface area contributed by atoms with Gasteiger partial charge in [0.05, 0.1) is 31.2 Å². The van der Waals surface area contributed by atoms with E-state index in [1.54, 1.807) is 24.3 Å². The highest BCUT2D eigenvalue weighted by atomic mass is 32.2. The maximum Gasteiger partial charge on any atom is 0.345 e. The SMILES string of the molecule is CCCCC(=C(C(=O)OC)C(=O)OC)[C@@H]1[C@H](c2ccccc2)N1S(=O)(=O)c1ccc(C)cc1. The Balaban J connectivity index is 2.19. The van der Waals surface area contributed by atoms with Gasteiger partial charge in [0.15, 0.2) is 0 Å². The van der Waals surface area contributed by atoms with Crippen LogP contribution in [0.3, 0.4) is 0 Å². The first-order valence-electron chi connectivity index (χ1n) is 10.8. The van der Waals surface area contributed by atoms with E-state index in [-0.39, 0.29) is 10.5 Å². The molecule has 0 amide bonds. The van der Waals surface area contributed by atoms with E-state index in [0.717, 1.165) is 17.5 Å². The molecule has 1 heterocycles. The third-order valence-corrected chi connectivity index (χ3v) is 7.63. The van der Waals surface area contributed by atoms with E-state index >= 15 is 0 Å². The standard InChI is InChI=1S/C25H29NO6S/c1-5-6-12-20(21(24(27)31-3)25(28)32-4)23-22(18-10-8-7-9-11-18)26(23)33(29,30)19-15-13-17(2)14-16-19/h7-11,13-16,22-23H,5-6,12H2,1-4H3/t22-,23+,26?/m0/s1. The predicted molar refractivity (Wildman–Crippen MR) is 124 cm³/mol. The van der Waals surface area contributed by atoms with Crippen molar-refractivity contribution in [2.75, 3.05) is 14.2 Å². The van der Waals surface area contributed by atoms with E-state index in [1.165, 1.54) is 18.5 Å². The van der Waals surface area contributed by atoms with Gasteiger partial charge in [-0.25, -0.2) is 18.0 Å². The van der Waals surface area contributed by atoms with Crippen LogP contribution in [-0.2, 0) is 29.1 Å². The highest BCUT2D eigenvalue weighted by Crippen LogP contribution is 2.52. The summed E-state index contributed by atoms with van der Waals surface area (Å²) >= 11 is 0. The number of aryl methyl sites for hydroxylation is 1. The molecule has 3 rings (SSSR count). The second-order valence-electron chi connectivity index (χ2n) is 7.94. The molecule has 1 aliphatic rings. The normalized spacial score (nSPS) is 19.5. The Bertz CT molecular complexity index is 1120. The summed E-state index contributed by atoms with van der Waals surface area (Å²) in [6, 6.07) is 14.6. The zero-order valence-corrected chi connectivity index (χ0v) is 20.1. The zero-order chi connectivity index (χ0) is 24.2. The minimum atomic E-state index is -3.90. The van der Waals surface area contributed by atoms with Gasteiger partial charge in [0.1, 0.15) is 5.57 Å². The van der Waals surface area contributed by atoms with Gasteiger partial charge in [-0.05, 0) is 43.0 Å². The molecule has 0 spiro atoms. The van der Waals surface area contributed by atoms with Gasteiger partial charge in [0, 0.05) is 0 Å². The van der Waals surface area contributed by atoms with Crippen molar-refractivity contribution in [2.24, 2.45) is 0 Å². The molecule has 3 atom stereocenters. The van der Waals surface area contributed by atoms with Gasteiger partial charge in [-0.15, -0.1) is 0 Å². The van der Waals surface area contributed by atoms with Gasteiger partial charge in [0.2, 0.25) is 10.0 Å². The zero-order valence-electron chi connectivity index (χ0n) is 19.3. The molecular weight excluding hydrogens is 442 g/mol. The monoisotopic (exact) mass is 471 g/mol. The summed E-state index contributed by atoms with van der Waals surface area (Å²) < 4.78 is 38.4. The highest BCUT2D eigenvalue weighted by molar-refractivity contribution is 7.89. The molecule has 0 saturated carbocycles. The topological polar surface area (TPSA) is 89.8 Å². The second-order valence-corrected chi connectivity index (χ2v) is 9.78. The molecule has 33 heavy (non-hydrogen) atoms. The minimum Gasteiger partial charge on any atom is -0.465 e. The van der Waals surface area contributed by atoms with Crippen LogP contribution < -0.4 is 0 Å². The summed E-state index contributed by atoms with van der Waals surface area (Å²) in [7, 11) is -1.53. The van der Waals surface area contributed by atoms with E-state index in [1.807, 2.05) is 44.2 Å². The Morgan fingerprint density at radius 1 is 0.939 bits per heavy atom. The maximum atomic E-state index is 13.7. The highest BCUT2D eigenvalue weighted by Gasteiger charge is 2.59. The van der Waals surface area contributed by atoms with Crippen molar-refractivity contribution in [1.29, 1.82) is 0 Å². The quantitative estimate of drug-likeness (QED) is 0.181. The molecule has 2 aromatic rings. The van der Waals surface area contributed by atoms with E-state index in [2.05, 4.69) is 0 Å². The fourth-order valence-electron chi connectivity index (χ4n) is 4.00. The van der Waals surface area contributed by atoms with Crippen molar-refractivity contribution in [1.82, 2.24) is 4.31 Å². The summed E-state index contributed by atoms with van der Waals surface area (Å²) in [5.74, 6) is -1.67. The number of hydrogen-bond acceptors (Lipinski definition) is 6. The lowest BCUT2D eigenvalue weighted by molar-refractivity contribution is -0.144. The molecule has 8 heteroatoms. The van der Waals surface area contributed by atoms with Gasteiger partial charge in [-0.1, -0.05) is 61.4 Å². The molecule has 1 fully saturated rings. The predicted octanol–water partition coefficient (Wildman–Crippen LogP) is 3.94. The van der Waals surface area contributed by atoms with Gasteiger partial charge in [-0.3, -0.25) is 0 Å². The number of ether oxygens (including phenoxy) is 2. The lowest BCUT2D eigenvalue weighted by Gasteiger charge is -2.13. The molecule has 1 unspecified atom stereocenters. The average Bonchev–Trinajstić information content (AvgIpc) is 3.58. The van der Waals surface area contributed by atoms with Crippen molar-refractivity contribution in [3.63, 3.8) is 0 Å². The third-order valence-electron chi connectivity index (χ3n) is 5.75. The van der Waals surface area contributed by atoms with Gasteiger partial charge in [0.25, 0.3) is 0 Å². The molecule has 0 aromatic heterocycles. The number of hydrogen-bond donors (Lipinski definition) is 0. The molecule has 0 bridgehead atoms. The molecule has 0 N–H and O–H groups in total. The van der Waals surface area contributed by atoms with Crippen LogP contribution in [0.5, 0.6) is 0 Å². The Hall–Kier alpha value is -2.97. The minimum absolute atomic E-state index is 0.157. The molecule has 0 radical (unpaired) electrons. The first-order chi connectivity index (χ1) is 15.8. The number of carbonyl (C=O) groups is 2. The first-order valence-corrected chi connectivity index (χ1v) is 12.3. The van der Waals surface area contributed by atoms with Crippen molar-refractivity contribution in [3.05, 3.63) is 76.9 Å². The van der Waals surface area contributed by atoms with E-state index in [9.17, 15) is 18.0 Å². The fourth-order valence-corrected chi connectivity index (χ4v) is 5.75. The lowest BCUT2D eigenvalue weighted by atomic mass is 9.95. The molecule has 7 nitrogen and oxygen atoms in total. The number of esters is 2. The van der Waals surface area contributed by atoms with Crippen LogP contribution in [0.2, 0.25) is 0 Å². The third kappa shape index (κ3) is 5.02. The first kappa shape index (κ1) is 24.7. The van der Waals surface area contributed by atoms with Crippen LogP contribution in [0.25, 0.3) is 0 Å². The maximum absolute atomic E-state index is 13.7. The van der Waals surface area contributed by atoms with Crippen LogP contribution in [0, 0.1) is 6.92 Å². The number of unbranched alkanes of at least 4 members (excludes halogenated alkanes) is 1. The number of sulfonamides is 1. The number of nitrogens with zero attached hydrogens (tertiary/aromatic N) is 1. The second kappa shape index (κ2) is 10.3. The van der Waals surface area contributed by atoms with Crippen LogP contribution in [0.4, 0.5) is 0 Å². The molecule has 1 aliphatic heterocycles. The Morgan fingerprint density at radius 3 is 2.03 bits per heavy atom. The Kier molecular flexibility index (Phi) is 7.71. The van der Waals surface area contributed by atoms with Crippen molar-refractivity contribution >= 4 is 22.0 Å². The summed E-state index contributed by atoms with van der Waals surface area (Å²) in [6.07, 6.45) is 1.83. The number of benzene rings is 2. The summed E-state index contributed by atoms with van der Waals surface area (Å²) in [6.45, 7) is 3.87. The summed E-state index contributed by atoms with van der Waals surface area (Å²) in [5, 5.41) is 0. The smallest absolute Gasteiger partial charge is 0.345 e. The molecule has 176 valence electrons. The lowest BCUT2D eigenvalue weighted by Crippen LogP contribution is -2.23. The molecule has 2 aromatic carbocycles. The van der Waals surface area contributed by atoms with Gasteiger partial charge >= 0.3 is 11.9 Å². The summed E-state index contributed by atoms with van der Waals surface area (Å²) in [4.78, 5) is 25.4. The van der Waals surface area contributed by atoms with Crippen molar-refractivity contribution in [2.45, 2.75) is 50.1 Å². The largest absolute Gasteiger partial charge is 0.465 e. The van der Waals surface area contributed by atoms with E-state index < -0.39 is 34.0 Å². The fraction of sp³-hybridized carbons (Fsp3) is 0.360. The van der Waals surface area contributed by atoms with Crippen LogP contribution in [0.1, 0.15) is 43.4 Å². The van der Waals surface area contributed by atoms with E-state index in [0.29, 0.717) is 18.4 Å². The van der Waals surface area contributed by atoms with Gasteiger partial charge < -0.3 is 9.47 Å². The number of methoxy groups -OCH3 is 2. The van der Waals surface area contributed by atoms with Crippen LogP contribution in [-0.4, -0.2) is 44.9 Å². The molecule has 1 saturated heterocycles. The van der Waals surface area contributed by atoms with Crippen molar-refractivity contribution in [3.8, 4) is 0 Å². The number of carbonyl (C=O) groups excluding carboxylic acids is 2. The Labute approximate surface area is 195 Å². The number of rotatable bonds is 9. The van der Waals surface area contributed by atoms with Gasteiger partial charge in [-0.2, -0.15) is 4.31 Å². The summed E-state index contributed by atoms with van der Waals surface area (Å²) in [5.41, 5.74) is 1.90. The molecule has 0 aliphatic carbocycles. The van der Waals surface area contributed by atoms with Crippen molar-refractivity contribution < 1.29 is 27.5 Å². The molecular formula is C25H29NO6S. The van der Waals surface area contributed by atoms with E-state index in [4.69, 9.17) is 9.47 Å². The van der Waals surface area contributed by atoms with Crippen LogP contribution in [0.15, 0.2) is 70.6 Å². The Morgan fingerprint density at radius 2 is 1.52 bits per heavy atom.